The Kier molecular flexibility index (Phi) is 4.65. The third kappa shape index (κ3) is 3.60. The normalized spacial score (nSPS) is 16.1. The maximum Gasteiger partial charge on any atom is 0.254 e. The number of hydrogen-bond acceptors (Lipinski definition) is 4. The minimum Gasteiger partial charge on any atom is -0.495 e. The predicted molar refractivity (Wildman–Crippen MR) is 92.6 cm³/mol. The first-order valence-electron chi connectivity index (χ1n) is 7.72. The molecule has 25 heavy (non-hydrogen) atoms. The highest BCUT2D eigenvalue weighted by atomic mass is 16.5. The van der Waals surface area contributed by atoms with Gasteiger partial charge in [-0.05, 0) is 24.3 Å². The van der Waals surface area contributed by atoms with E-state index in [2.05, 4.69) is 16.0 Å². The van der Waals surface area contributed by atoms with Crippen LogP contribution in [0.5, 0.6) is 5.75 Å². The van der Waals surface area contributed by atoms with Gasteiger partial charge in [0.1, 0.15) is 11.8 Å². The Hall–Kier alpha value is -3.35. The number of benzene rings is 2. The lowest BCUT2D eigenvalue weighted by Crippen LogP contribution is -2.43. The van der Waals surface area contributed by atoms with E-state index in [1.54, 1.807) is 48.5 Å². The van der Waals surface area contributed by atoms with Gasteiger partial charge >= 0.3 is 0 Å². The van der Waals surface area contributed by atoms with E-state index in [4.69, 9.17) is 4.74 Å². The van der Waals surface area contributed by atoms with E-state index in [1.165, 1.54) is 7.11 Å². The summed E-state index contributed by atoms with van der Waals surface area (Å²) in [6.07, 6.45) is -0.191. The highest BCUT2D eigenvalue weighted by Gasteiger charge is 2.29. The number of nitrogens with one attached hydrogen (secondary N) is 3. The zero-order valence-electron chi connectivity index (χ0n) is 13.5. The number of ether oxygens (including phenoxy) is 1. The van der Waals surface area contributed by atoms with E-state index in [9.17, 15) is 14.4 Å². The van der Waals surface area contributed by atoms with Gasteiger partial charge in [-0.15, -0.1) is 0 Å². The van der Waals surface area contributed by atoms with Crippen molar-refractivity contribution in [3.8, 4) is 5.75 Å². The molecule has 2 aromatic carbocycles. The van der Waals surface area contributed by atoms with Crippen molar-refractivity contribution in [2.75, 3.05) is 17.7 Å². The van der Waals surface area contributed by atoms with Crippen molar-refractivity contribution < 1.29 is 19.1 Å². The fourth-order valence-corrected chi connectivity index (χ4v) is 2.59. The highest BCUT2D eigenvalue weighted by molar-refractivity contribution is 6.11. The van der Waals surface area contributed by atoms with Crippen LogP contribution in [0.2, 0.25) is 0 Å². The molecule has 7 heteroatoms. The van der Waals surface area contributed by atoms with E-state index < -0.39 is 23.8 Å². The molecule has 0 aliphatic carbocycles. The van der Waals surface area contributed by atoms with Gasteiger partial charge < -0.3 is 20.7 Å². The summed E-state index contributed by atoms with van der Waals surface area (Å²) in [5.41, 5.74) is 1.29. The van der Waals surface area contributed by atoms with Gasteiger partial charge in [-0.3, -0.25) is 14.4 Å². The van der Waals surface area contributed by atoms with E-state index in [1.807, 2.05) is 0 Å². The molecule has 0 aromatic heterocycles. The molecule has 0 saturated heterocycles. The van der Waals surface area contributed by atoms with Crippen molar-refractivity contribution in [1.29, 1.82) is 0 Å². The van der Waals surface area contributed by atoms with Gasteiger partial charge in [0, 0.05) is 0 Å². The molecule has 0 unspecified atom stereocenters. The van der Waals surface area contributed by atoms with Gasteiger partial charge in [0.05, 0.1) is 30.5 Å². The molecular weight excluding hydrogens is 322 g/mol. The van der Waals surface area contributed by atoms with Crippen molar-refractivity contribution in [2.24, 2.45) is 0 Å². The Morgan fingerprint density at radius 3 is 2.64 bits per heavy atom. The maximum atomic E-state index is 12.3. The summed E-state index contributed by atoms with van der Waals surface area (Å²) in [7, 11) is 1.50. The first-order chi connectivity index (χ1) is 12.1. The zero-order chi connectivity index (χ0) is 17.8. The third-order valence-corrected chi connectivity index (χ3v) is 3.82. The van der Waals surface area contributed by atoms with Crippen LogP contribution in [0.15, 0.2) is 48.5 Å². The molecule has 3 amide bonds. The number of methoxy groups -OCH3 is 1. The quantitative estimate of drug-likeness (QED) is 0.791. The van der Waals surface area contributed by atoms with Crippen LogP contribution in [-0.2, 0) is 9.59 Å². The van der Waals surface area contributed by atoms with Gasteiger partial charge in [-0.2, -0.15) is 0 Å². The second-order valence-electron chi connectivity index (χ2n) is 5.51. The summed E-state index contributed by atoms with van der Waals surface area (Å²) >= 11 is 0. The maximum absolute atomic E-state index is 12.3. The molecule has 0 bridgehead atoms. The number of carbonyl (C=O) groups excluding carboxylic acids is 3. The Morgan fingerprint density at radius 2 is 1.84 bits per heavy atom. The predicted octanol–water partition coefficient (Wildman–Crippen LogP) is 1.77. The molecule has 0 saturated carbocycles. The number of para-hydroxylation sites is 3. The molecular formula is C18H17N3O4. The number of fused-ring (bicyclic) bond motifs is 1. The monoisotopic (exact) mass is 339 g/mol. The van der Waals surface area contributed by atoms with Crippen LogP contribution in [0.25, 0.3) is 0 Å². The molecule has 1 atom stereocenters. The van der Waals surface area contributed by atoms with E-state index in [0.29, 0.717) is 22.7 Å². The molecule has 7 nitrogen and oxygen atoms in total. The lowest BCUT2D eigenvalue weighted by atomic mass is 10.1. The lowest BCUT2D eigenvalue weighted by molar-refractivity contribution is -0.122. The van der Waals surface area contributed by atoms with Crippen LogP contribution >= 0.6 is 0 Å². The van der Waals surface area contributed by atoms with Gasteiger partial charge in [-0.25, -0.2) is 0 Å². The second kappa shape index (κ2) is 7.04. The number of anilines is 2. The fourth-order valence-electron chi connectivity index (χ4n) is 2.59. The molecule has 1 aliphatic heterocycles. The summed E-state index contributed by atoms with van der Waals surface area (Å²) < 4.78 is 5.17. The average molecular weight is 339 g/mol. The van der Waals surface area contributed by atoms with Gasteiger partial charge in [0.15, 0.2) is 0 Å². The Morgan fingerprint density at radius 1 is 1.12 bits per heavy atom. The molecule has 2 aromatic rings. The minimum absolute atomic E-state index is 0.191. The first kappa shape index (κ1) is 16.5. The highest BCUT2D eigenvalue weighted by Crippen LogP contribution is 2.24. The van der Waals surface area contributed by atoms with Crippen LogP contribution < -0.4 is 20.7 Å². The zero-order valence-corrected chi connectivity index (χ0v) is 13.5. The number of carbonyl (C=O) groups is 3. The van der Waals surface area contributed by atoms with Crippen molar-refractivity contribution in [1.82, 2.24) is 5.32 Å². The van der Waals surface area contributed by atoms with Crippen molar-refractivity contribution >= 4 is 29.1 Å². The summed E-state index contributed by atoms with van der Waals surface area (Å²) in [6, 6.07) is 12.7. The Bertz CT molecular complexity index is 835. The van der Waals surface area contributed by atoms with Crippen molar-refractivity contribution in [3.05, 3.63) is 54.1 Å². The molecule has 1 heterocycles. The average Bonchev–Trinajstić information content (AvgIpc) is 2.72. The van der Waals surface area contributed by atoms with Crippen LogP contribution in [0.3, 0.4) is 0 Å². The van der Waals surface area contributed by atoms with E-state index in [0.717, 1.165) is 0 Å². The van der Waals surface area contributed by atoms with E-state index >= 15 is 0 Å². The fraction of sp³-hybridized carbons (Fsp3) is 0.167. The molecule has 0 fully saturated rings. The molecule has 3 N–H and O–H groups in total. The molecule has 128 valence electrons. The largest absolute Gasteiger partial charge is 0.495 e. The van der Waals surface area contributed by atoms with E-state index in [-0.39, 0.29) is 6.42 Å². The number of hydrogen-bond donors (Lipinski definition) is 3. The first-order valence-corrected chi connectivity index (χ1v) is 7.72. The molecule has 3 rings (SSSR count). The second-order valence-corrected chi connectivity index (χ2v) is 5.51. The summed E-state index contributed by atoms with van der Waals surface area (Å²) in [4.78, 5) is 36.8. The van der Waals surface area contributed by atoms with Crippen LogP contribution in [0.4, 0.5) is 11.4 Å². The summed E-state index contributed by atoms with van der Waals surface area (Å²) in [5.74, 6) is -0.731. The van der Waals surface area contributed by atoms with Gasteiger partial charge in [0.2, 0.25) is 11.8 Å². The smallest absolute Gasteiger partial charge is 0.254 e. The van der Waals surface area contributed by atoms with Gasteiger partial charge in [-0.1, -0.05) is 24.3 Å². The SMILES string of the molecule is COc1ccccc1NC(=O)C[C@@H]1NC(=O)c2ccccc2NC1=O. The minimum atomic E-state index is -0.963. The molecule has 0 radical (unpaired) electrons. The summed E-state index contributed by atoms with van der Waals surface area (Å²) in [5, 5.41) is 7.95. The topological polar surface area (TPSA) is 96.5 Å². The Labute approximate surface area is 144 Å². The lowest BCUT2D eigenvalue weighted by Gasteiger charge is -2.15. The van der Waals surface area contributed by atoms with Crippen LogP contribution in [0, 0.1) is 0 Å². The van der Waals surface area contributed by atoms with Gasteiger partial charge in [0.25, 0.3) is 5.91 Å². The van der Waals surface area contributed by atoms with Crippen molar-refractivity contribution in [2.45, 2.75) is 12.5 Å². The number of rotatable bonds is 4. The molecule has 0 spiro atoms. The third-order valence-electron chi connectivity index (χ3n) is 3.82. The standard InChI is InChI=1S/C18H17N3O4/c1-25-15-9-5-4-8-13(15)19-16(22)10-14-18(24)20-12-7-3-2-6-11(12)17(23)21-14/h2-9,14H,10H2,1H3,(H,19,22)(H,20,24)(H,21,23)/t14-/m0/s1. The van der Waals surface area contributed by atoms with Crippen LogP contribution in [0.1, 0.15) is 16.8 Å². The summed E-state index contributed by atoms with van der Waals surface area (Å²) in [6.45, 7) is 0. The van der Waals surface area contributed by atoms with Crippen molar-refractivity contribution in [3.63, 3.8) is 0 Å². The molecule has 1 aliphatic rings. The number of amides is 3. The Balaban J connectivity index is 1.71. The van der Waals surface area contributed by atoms with Crippen LogP contribution in [-0.4, -0.2) is 30.9 Å².